The molecule has 2 N–H and O–H groups in total. The molecular weight excluding hydrogens is 226 g/mol. The lowest BCUT2D eigenvalue weighted by Gasteiger charge is -2.25. The van der Waals surface area contributed by atoms with Crippen LogP contribution in [-0.2, 0) is 11.3 Å². The standard InChI is InChI=1S/C15H25NO2/c1-6-18-15(4,5)10-16-9-13-7-11(2)14(17)12(3)8-13/h7-8,16-17H,6,9-10H2,1-5H3. The van der Waals surface area contributed by atoms with E-state index in [9.17, 15) is 5.11 Å². The molecule has 3 heteroatoms. The van der Waals surface area contributed by atoms with Crippen LogP contribution in [0, 0.1) is 13.8 Å². The van der Waals surface area contributed by atoms with Crippen molar-refractivity contribution in [2.75, 3.05) is 13.2 Å². The monoisotopic (exact) mass is 251 g/mol. The van der Waals surface area contributed by atoms with Gasteiger partial charge in [0.2, 0.25) is 0 Å². The van der Waals surface area contributed by atoms with E-state index in [0.717, 1.165) is 30.8 Å². The molecule has 0 aromatic heterocycles. The van der Waals surface area contributed by atoms with Crippen LogP contribution in [0.3, 0.4) is 0 Å². The highest BCUT2D eigenvalue weighted by molar-refractivity contribution is 5.42. The molecular formula is C15H25NO2. The van der Waals surface area contributed by atoms with E-state index in [2.05, 4.69) is 19.2 Å². The van der Waals surface area contributed by atoms with Crippen molar-refractivity contribution in [1.29, 1.82) is 0 Å². The molecule has 0 unspecified atom stereocenters. The minimum atomic E-state index is -0.143. The smallest absolute Gasteiger partial charge is 0.121 e. The van der Waals surface area contributed by atoms with Crippen LogP contribution in [-0.4, -0.2) is 23.9 Å². The molecule has 0 bridgehead atoms. The van der Waals surface area contributed by atoms with E-state index in [0.29, 0.717) is 5.75 Å². The van der Waals surface area contributed by atoms with E-state index >= 15 is 0 Å². The van der Waals surface area contributed by atoms with Gasteiger partial charge in [0.15, 0.2) is 0 Å². The summed E-state index contributed by atoms with van der Waals surface area (Å²) < 4.78 is 5.63. The van der Waals surface area contributed by atoms with Gasteiger partial charge in [0, 0.05) is 19.7 Å². The largest absolute Gasteiger partial charge is 0.507 e. The topological polar surface area (TPSA) is 41.5 Å². The van der Waals surface area contributed by atoms with E-state index in [-0.39, 0.29) is 5.60 Å². The maximum atomic E-state index is 9.71. The molecule has 0 aliphatic heterocycles. The van der Waals surface area contributed by atoms with Gasteiger partial charge in [0.05, 0.1) is 5.60 Å². The second-order valence-electron chi connectivity index (χ2n) is 5.37. The minimum Gasteiger partial charge on any atom is -0.507 e. The summed E-state index contributed by atoms with van der Waals surface area (Å²) >= 11 is 0. The highest BCUT2D eigenvalue weighted by Crippen LogP contribution is 2.22. The predicted molar refractivity (Wildman–Crippen MR) is 75.0 cm³/mol. The lowest BCUT2D eigenvalue weighted by atomic mass is 10.1. The Balaban J connectivity index is 2.54. The molecule has 0 aliphatic rings. The van der Waals surface area contributed by atoms with Crippen molar-refractivity contribution >= 4 is 0 Å². The Morgan fingerprint density at radius 3 is 2.28 bits per heavy atom. The summed E-state index contributed by atoms with van der Waals surface area (Å²) in [6.07, 6.45) is 0. The van der Waals surface area contributed by atoms with Gasteiger partial charge in [-0.1, -0.05) is 12.1 Å². The molecule has 1 rings (SSSR count). The first kappa shape index (κ1) is 15.0. The fourth-order valence-electron chi connectivity index (χ4n) is 2.10. The molecule has 0 atom stereocenters. The summed E-state index contributed by atoms with van der Waals surface area (Å²) in [5.74, 6) is 0.397. The summed E-state index contributed by atoms with van der Waals surface area (Å²) in [6.45, 7) is 12.3. The number of phenols is 1. The number of rotatable bonds is 6. The van der Waals surface area contributed by atoms with Gasteiger partial charge >= 0.3 is 0 Å². The average molecular weight is 251 g/mol. The molecule has 0 heterocycles. The van der Waals surface area contributed by atoms with Gasteiger partial charge in [0.25, 0.3) is 0 Å². The van der Waals surface area contributed by atoms with E-state index in [4.69, 9.17) is 4.74 Å². The third-order valence-electron chi connectivity index (χ3n) is 2.97. The van der Waals surface area contributed by atoms with Gasteiger partial charge < -0.3 is 15.2 Å². The highest BCUT2D eigenvalue weighted by Gasteiger charge is 2.16. The summed E-state index contributed by atoms with van der Waals surface area (Å²) in [5.41, 5.74) is 2.90. The first-order chi connectivity index (χ1) is 8.35. The van der Waals surface area contributed by atoms with Crippen LogP contribution in [0.1, 0.15) is 37.5 Å². The van der Waals surface area contributed by atoms with Crippen molar-refractivity contribution in [3.8, 4) is 5.75 Å². The number of hydrogen-bond donors (Lipinski definition) is 2. The van der Waals surface area contributed by atoms with Gasteiger partial charge in [-0.05, 0) is 51.3 Å². The molecule has 1 aromatic rings. The Hall–Kier alpha value is -1.06. The second-order valence-corrected chi connectivity index (χ2v) is 5.37. The number of nitrogens with one attached hydrogen (secondary N) is 1. The molecule has 0 fully saturated rings. The van der Waals surface area contributed by atoms with Crippen LogP contribution >= 0.6 is 0 Å². The molecule has 0 radical (unpaired) electrons. The SMILES string of the molecule is CCOC(C)(C)CNCc1cc(C)c(O)c(C)c1. The van der Waals surface area contributed by atoms with Crippen LogP contribution < -0.4 is 5.32 Å². The summed E-state index contributed by atoms with van der Waals surface area (Å²) in [7, 11) is 0. The third-order valence-corrected chi connectivity index (χ3v) is 2.97. The predicted octanol–water partition coefficient (Wildman–Crippen LogP) is 2.91. The Morgan fingerprint density at radius 1 is 1.22 bits per heavy atom. The van der Waals surface area contributed by atoms with E-state index < -0.39 is 0 Å². The molecule has 0 saturated heterocycles. The van der Waals surface area contributed by atoms with Crippen molar-refractivity contribution in [2.45, 2.75) is 46.8 Å². The van der Waals surface area contributed by atoms with E-state index in [1.54, 1.807) is 0 Å². The maximum absolute atomic E-state index is 9.71. The van der Waals surface area contributed by atoms with Crippen molar-refractivity contribution < 1.29 is 9.84 Å². The van der Waals surface area contributed by atoms with Crippen LogP contribution in [0.15, 0.2) is 12.1 Å². The Labute approximate surface area is 110 Å². The Bertz CT molecular complexity index is 376. The van der Waals surface area contributed by atoms with Crippen LogP contribution in [0.2, 0.25) is 0 Å². The first-order valence-corrected chi connectivity index (χ1v) is 6.49. The summed E-state index contributed by atoms with van der Waals surface area (Å²) in [5, 5.41) is 13.1. The molecule has 1 aromatic carbocycles. The number of hydrogen-bond acceptors (Lipinski definition) is 3. The van der Waals surface area contributed by atoms with Crippen molar-refractivity contribution in [1.82, 2.24) is 5.32 Å². The third kappa shape index (κ3) is 4.31. The van der Waals surface area contributed by atoms with Gasteiger partial charge in [0.1, 0.15) is 5.75 Å². The number of aromatic hydroxyl groups is 1. The van der Waals surface area contributed by atoms with Crippen molar-refractivity contribution in [2.24, 2.45) is 0 Å². The van der Waals surface area contributed by atoms with Crippen LogP contribution in [0.5, 0.6) is 5.75 Å². The minimum absolute atomic E-state index is 0.143. The molecule has 102 valence electrons. The Kier molecular flexibility index (Phi) is 5.17. The van der Waals surface area contributed by atoms with E-state index in [1.807, 2.05) is 32.9 Å². The molecule has 0 amide bonds. The molecule has 0 spiro atoms. The Morgan fingerprint density at radius 2 is 1.78 bits per heavy atom. The lowest BCUT2D eigenvalue weighted by molar-refractivity contribution is -0.00897. The normalized spacial score (nSPS) is 11.8. The lowest BCUT2D eigenvalue weighted by Crippen LogP contribution is -2.37. The maximum Gasteiger partial charge on any atom is 0.121 e. The second kappa shape index (κ2) is 6.21. The zero-order valence-corrected chi connectivity index (χ0v) is 12.1. The summed E-state index contributed by atoms with van der Waals surface area (Å²) in [4.78, 5) is 0. The number of benzene rings is 1. The number of ether oxygens (including phenoxy) is 1. The van der Waals surface area contributed by atoms with E-state index in [1.165, 1.54) is 5.56 Å². The fraction of sp³-hybridized carbons (Fsp3) is 0.600. The molecule has 0 aliphatic carbocycles. The first-order valence-electron chi connectivity index (χ1n) is 6.49. The molecule has 3 nitrogen and oxygen atoms in total. The van der Waals surface area contributed by atoms with Gasteiger partial charge in [-0.25, -0.2) is 0 Å². The fourth-order valence-corrected chi connectivity index (χ4v) is 2.10. The molecule has 0 saturated carbocycles. The zero-order valence-electron chi connectivity index (χ0n) is 12.1. The van der Waals surface area contributed by atoms with Crippen LogP contribution in [0.4, 0.5) is 0 Å². The summed E-state index contributed by atoms with van der Waals surface area (Å²) in [6, 6.07) is 4.03. The average Bonchev–Trinajstić information content (AvgIpc) is 2.25. The number of aryl methyl sites for hydroxylation is 2. The zero-order chi connectivity index (χ0) is 13.8. The highest BCUT2D eigenvalue weighted by atomic mass is 16.5. The van der Waals surface area contributed by atoms with Crippen molar-refractivity contribution in [3.63, 3.8) is 0 Å². The quantitative estimate of drug-likeness (QED) is 0.817. The van der Waals surface area contributed by atoms with Crippen molar-refractivity contribution in [3.05, 3.63) is 28.8 Å². The van der Waals surface area contributed by atoms with Crippen LogP contribution in [0.25, 0.3) is 0 Å². The van der Waals surface area contributed by atoms with Gasteiger partial charge in [-0.2, -0.15) is 0 Å². The number of phenolic OH excluding ortho intramolecular Hbond substituents is 1. The van der Waals surface area contributed by atoms with Gasteiger partial charge in [-0.15, -0.1) is 0 Å². The van der Waals surface area contributed by atoms with Gasteiger partial charge in [-0.3, -0.25) is 0 Å². The molecule has 18 heavy (non-hydrogen) atoms.